The molecule has 3 N–H and O–H groups in total. The fraction of sp³-hybridized carbons (Fsp3) is 0.190. The van der Waals surface area contributed by atoms with Gasteiger partial charge in [0.25, 0.3) is 0 Å². The number of carbonyl (C=O) groups excluding carboxylic acids is 1. The second-order valence-electron chi connectivity index (χ2n) is 6.59. The topological polar surface area (TPSA) is 96.7 Å². The van der Waals surface area contributed by atoms with Gasteiger partial charge >= 0.3 is 0 Å². The van der Waals surface area contributed by atoms with Crippen LogP contribution in [0.4, 0.5) is 10.2 Å². The second kappa shape index (κ2) is 9.61. The number of halogens is 3. The van der Waals surface area contributed by atoms with Crippen molar-refractivity contribution in [1.29, 1.82) is 5.26 Å². The number of nitrogens with zero attached hydrogens (tertiary/aromatic N) is 3. The summed E-state index contributed by atoms with van der Waals surface area (Å²) < 4.78 is 14.6. The molecule has 0 saturated carbocycles. The molecule has 154 valence electrons. The van der Waals surface area contributed by atoms with E-state index in [1.165, 1.54) is 28.9 Å². The molecule has 0 saturated heterocycles. The Balaban J connectivity index is 1.57. The van der Waals surface area contributed by atoms with E-state index in [1.54, 1.807) is 18.2 Å². The average molecular weight is 446 g/mol. The third-order valence-corrected chi connectivity index (χ3v) is 5.18. The monoisotopic (exact) mass is 445 g/mol. The van der Waals surface area contributed by atoms with E-state index in [0.717, 1.165) is 5.56 Å². The van der Waals surface area contributed by atoms with Crippen molar-refractivity contribution in [3.05, 3.63) is 75.1 Å². The summed E-state index contributed by atoms with van der Waals surface area (Å²) in [5.41, 5.74) is 8.17. The Labute approximate surface area is 183 Å². The molecule has 9 heteroatoms. The highest BCUT2D eigenvalue weighted by Crippen LogP contribution is 2.23. The number of nitrogens with two attached hydrogens (primary N) is 1. The van der Waals surface area contributed by atoms with Gasteiger partial charge in [-0.15, -0.1) is 0 Å². The maximum atomic E-state index is 13.1. The van der Waals surface area contributed by atoms with Crippen molar-refractivity contribution in [2.24, 2.45) is 0 Å². The number of benzene rings is 2. The number of aromatic nitrogens is 2. The van der Waals surface area contributed by atoms with Crippen molar-refractivity contribution in [2.45, 2.75) is 19.3 Å². The second-order valence-corrected chi connectivity index (χ2v) is 7.40. The molecule has 0 fully saturated rings. The van der Waals surface area contributed by atoms with Crippen LogP contribution in [-0.2, 0) is 17.6 Å². The van der Waals surface area contributed by atoms with E-state index in [4.69, 9.17) is 28.9 Å². The summed E-state index contributed by atoms with van der Waals surface area (Å²) in [6, 6.07) is 12.8. The summed E-state index contributed by atoms with van der Waals surface area (Å²) in [7, 11) is 0. The number of hydrogen-bond donors (Lipinski definition) is 2. The minimum absolute atomic E-state index is 0.148. The van der Waals surface area contributed by atoms with E-state index in [-0.39, 0.29) is 29.5 Å². The lowest BCUT2D eigenvalue weighted by Crippen LogP contribution is -2.26. The molecule has 0 unspecified atom stereocenters. The fourth-order valence-corrected chi connectivity index (χ4v) is 3.26. The van der Waals surface area contributed by atoms with E-state index >= 15 is 0 Å². The van der Waals surface area contributed by atoms with E-state index in [1.807, 2.05) is 0 Å². The molecule has 0 radical (unpaired) electrons. The third-order valence-electron chi connectivity index (χ3n) is 4.44. The van der Waals surface area contributed by atoms with Gasteiger partial charge in [0.2, 0.25) is 5.91 Å². The number of carbonyl (C=O) groups is 1. The zero-order valence-electron chi connectivity index (χ0n) is 15.8. The Morgan fingerprint density at radius 1 is 1.20 bits per heavy atom. The van der Waals surface area contributed by atoms with Crippen LogP contribution >= 0.6 is 23.2 Å². The number of nitriles is 1. The van der Waals surface area contributed by atoms with Crippen LogP contribution in [0.1, 0.15) is 23.2 Å². The number of nitrogen functional groups attached to an aromatic ring is 1. The quantitative estimate of drug-likeness (QED) is 0.535. The van der Waals surface area contributed by atoms with Crippen molar-refractivity contribution in [3.8, 4) is 11.8 Å². The first-order chi connectivity index (χ1) is 14.4. The molecule has 0 atom stereocenters. The predicted molar refractivity (Wildman–Crippen MR) is 114 cm³/mol. The Morgan fingerprint density at radius 2 is 1.93 bits per heavy atom. The molecule has 0 aliphatic rings. The van der Waals surface area contributed by atoms with Crippen molar-refractivity contribution in [2.75, 3.05) is 12.3 Å². The molecule has 30 heavy (non-hydrogen) atoms. The maximum absolute atomic E-state index is 13.1. The summed E-state index contributed by atoms with van der Waals surface area (Å²) in [6.45, 7) is 0.411. The van der Waals surface area contributed by atoms with Gasteiger partial charge in [0.05, 0.1) is 27.8 Å². The van der Waals surface area contributed by atoms with Gasteiger partial charge in [-0.2, -0.15) is 10.4 Å². The van der Waals surface area contributed by atoms with Gasteiger partial charge in [0.15, 0.2) is 0 Å². The zero-order valence-corrected chi connectivity index (χ0v) is 17.3. The van der Waals surface area contributed by atoms with E-state index in [0.29, 0.717) is 40.8 Å². The molecule has 3 rings (SSSR count). The lowest BCUT2D eigenvalue weighted by molar-refractivity contribution is -0.120. The van der Waals surface area contributed by atoms with Gasteiger partial charge in [-0.3, -0.25) is 4.79 Å². The standard InChI is InChI=1S/C21H18Cl2FN5O/c22-17-8-3-13(10-18(17)23)11-20(30)27-9-1-2-19-16(12-25)21(26)29(28-19)15-6-4-14(24)5-7-15/h3-8,10H,1-2,9,11,26H2,(H,27,30). The van der Waals surface area contributed by atoms with Gasteiger partial charge in [0, 0.05) is 6.54 Å². The minimum Gasteiger partial charge on any atom is -0.382 e. The highest BCUT2D eigenvalue weighted by molar-refractivity contribution is 6.42. The van der Waals surface area contributed by atoms with Crippen LogP contribution in [0.25, 0.3) is 5.69 Å². The van der Waals surface area contributed by atoms with Gasteiger partial charge < -0.3 is 11.1 Å². The summed E-state index contributed by atoms with van der Waals surface area (Å²) in [5.74, 6) is -0.324. The Bertz CT molecular complexity index is 1110. The molecule has 0 spiro atoms. The lowest BCUT2D eigenvalue weighted by atomic mass is 10.1. The van der Waals surface area contributed by atoms with Gasteiger partial charge in [-0.25, -0.2) is 9.07 Å². The molecule has 6 nitrogen and oxygen atoms in total. The largest absolute Gasteiger partial charge is 0.382 e. The number of hydrogen-bond acceptors (Lipinski definition) is 4. The Hall–Kier alpha value is -3.08. The van der Waals surface area contributed by atoms with Crippen LogP contribution in [0.2, 0.25) is 10.0 Å². The average Bonchev–Trinajstić information content (AvgIpc) is 3.04. The van der Waals surface area contributed by atoms with Crippen molar-refractivity contribution in [3.63, 3.8) is 0 Å². The van der Waals surface area contributed by atoms with Gasteiger partial charge in [-0.1, -0.05) is 29.3 Å². The lowest BCUT2D eigenvalue weighted by Gasteiger charge is -2.06. The predicted octanol–water partition coefficient (Wildman–Crippen LogP) is 4.06. The molecule has 2 aromatic carbocycles. The highest BCUT2D eigenvalue weighted by Gasteiger charge is 2.16. The first-order valence-corrected chi connectivity index (χ1v) is 9.88. The first kappa shape index (κ1) is 21.6. The summed E-state index contributed by atoms with van der Waals surface area (Å²) in [6.07, 6.45) is 1.21. The number of anilines is 1. The number of rotatable bonds is 7. The van der Waals surface area contributed by atoms with Crippen molar-refractivity contribution in [1.82, 2.24) is 15.1 Å². The van der Waals surface area contributed by atoms with Crippen molar-refractivity contribution >= 4 is 34.9 Å². The molecule has 0 aliphatic carbocycles. The maximum Gasteiger partial charge on any atom is 0.224 e. The molecular weight excluding hydrogens is 428 g/mol. The zero-order chi connectivity index (χ0) is 21.7. The van der Waals surface area contributed by atoms with Crippen LogP contribution in [0, 0.1) is 17.1 Å². The molecule has 1 amide bonds. The van der Waals surface area contributed by atoms with Crippen LogP contribution in [-0.4, -0.2) is 22.2 Å². The number of amides is 1. The third kappa shape index (κ3) is 5.09. The van der Waals surface area contributed by atoms with E-state index in [9.17, 15) is 14.4 Å². The normalized spacial score (nSPS) is 10.6. The summed E-state index contributed by atoms with van der Waals surface area (Å²) >= 11 is 11.8. The number of nitrogens with one attached hydrogen (secondary N) is 1. The van der Waals surface area contributed by atoms with E-state index in [2.05, 4.69) is 16.5 Å². The molecule has 0 bridgehead atoms. The smallest absolute Gasteiger partial charge is 0.224 e. The highest BCUT2D eigenvalue weighted by atomic mass is 35.5. The summed E-state index contributed by atoms with van der Waals surface area (Å²) in [5, 5.41) is 17.5. The summed E-state index contributed by atoms with van der Waals surface area (Å²) in [4.78, 5) is 12.1. The van der Waals surface area contributed by atoms with Crippen LogP contribution in [0.15, 0.2) is 42.5 Å². The van der Waals surface area contributed by atoms with Crippen LogP contribution in [0.3, 0.4) is 0 Å². The Kier molecular flexibility index (Phi) is 6.93. The molecule has 1 heterocycles. The molecule has 0 aliphatic heterocycles. The fourth-order valence-electron chi connectivity index (χ4n) is 2.94. The SMILES string of the molecule is N#Cc1c(CCCNC(=O)Cc2ccc(Cl)c(Cl)c2)nn(-c2ccc(F)cc2)c1N. The molecule has 1 aromatic heterocycles. The molecule has 3 aromatic rings. The van der Waals surface area contributed by atoms with Gasteiger partial charge in [-0.05, 0) is 54.8 Å². The van der Waals surface area contributed by atoms with Crippen LogP contribution < -0.4 is 11.1 Å². The molecular formula is C21H18Cl2FN5O. The minimum atomic E-state index is -0.373. The first-order valence-electron chi connectivity index (χ1n) is 9.13. The van der Waals surface area contributed by atoms with E-state index < -0.39 is 0 Å². The Morgan fingerprint density at radius 3 is 2.60 bits per heavy atom. The number of aryl methyl sites for hydroxylation is 1. The van der Waals surface area contributed by atoms with Crippen LogP contribution in [0.5, 0.6) is 0 Å². The van der Waals surface area contributed by atoms with Crippen molar-refractivity contribution < 1.29 is 9.18 Å². The van der Waals surface area contributed by atoms with Gasteiger partial charge in [0.1, 0.15) is 23.3 Å².